The number of amides is 2. The summed E-state index contributed by atoms with van der Waals surface area (Å²) in [5, 5.41) is 48.1. The molecular weight excluding hydrogens is 644 g/mol. The fraction of sp³-hybridized carbons (Fsp3) is 0.278. The molecule has 8 N–H and O–H groups in total. The van der Waals surface area contributed by atoms with Gasteiger partial charge in [0.25, 0.3) is 11.8 Å². The minimum Gasteiger partial charge on any atom is -0.480 e. The number of carboxylic acids is 2. The van der Waals surface area contributed by atoms with Crippen molar-refractivity contribution in [3.63, 3.8) is 0 Å². The number of aryl methyl sites for hydroxylation is 2. The van der Waals surface area contributed by atoms with E-state index in [1.54, 1.807) is 38.1 Å². The normalized spacial score (nSPS) is 12.2. The number of hydrogen-bond donors (Lipinski definition) is 8. The minimum atomic E-state index is -1.17. The Labute approximate surface area is 288 Å². The predicted octanol–water partition coefficient (Wildman–Crippen LogP) is 2.95. The number of carbonyl (C=O) groups is 4. The summed E-state index contributed by atoms with van der Waals surface area (Å²) in [7, 11) is 0. The molecule has 2 atom stereocenters. The fourth-order valence-electron chi connectivity index (χ4n) is 5.21. The van der Waals surface area contributed by atoms with E-state index in [1.165, 1.54) is 12.4 Å². The van der Waals surface area contributed by atoms with E-state index < -0.39 is 49.1 Å². The Morgan fingerprint density at radius 3 is 1.34 bits per heavy atom. The first kappa shape index (κ1) is 37.3. The van der Waals surface area contributed by atoms with E-state index in [0.29, 0.717) is 22.5 Å². The summed E-state index contributed by atoms with van der Waals surface area (Å²) < 4.78 is 0. The molecule has 50 heavy (non-hydrogen) atoms. The van der Waals surface area contributed by atoms with Gasteiger partial charge in [0, 0.05) is 36.9 Å². The summed E-state index contributed by atoms with van der Waals surface area (Å²) in [5.41, 5.74) is 7.59. The van der Waals surface area contributed by atoms with Gasteiger partial charge in [0.05, 0.1) is 13.2 Å². The number of nitrogens with one attached hydrogen (secondary N) is 4. The van der Waals surface area contributed by atoms with E-state index in [4.69, 9.17) is 10.2 Å². The number of nitrogens with zero attached hydrogens (tertiary/aromatic N) is 2. The van der Waals surface area contributed by atoms with Crippen LogP contribution in [0.2, 0.25) is 0 Å². The van der Waals surface area contributed by atoms with Gasteiger partial charge in [-0.3, -0.25) is 39.8 Å². The molecule has 0 saturated heterocycles. The summed E-state index contributed by atoms with van der Waals surface area (Å²) in [6.45, 7) is 6.52. The van der Waals surface area contributed by atoms with Gasteiger partial charge in [0.1, 0.15) is 23.5 Å². The monoisotopic (exact) mass is 684 g/mol. The molecule has 0 spiro atoms. The first-order chi connectivity index (χ1) is 23.8. The van der Waals surface area contributed by atoms with E-state index >= 15 is 0 Å². The number of carboxylic acid groups (broad SMARTS) is 2. The highest BCUT2D eigenvalue weighted by atomic mass is 16.4. The van der Waals surface area contributed by atoms with Crippen LogP contribution in [0.25, 0.3) is 11.1 Å². The van der Waals surface area contributed by atoms with Crippen molar-refractivity contribution in [1.82, 2.24) is 20.6 Å². The maximum atomic E-state index is 13.2. The second kappa shape index (κ2) is 16.7. The van der Waals surface area contributed by atoms with E-state index in [1.807, 2.05) is 38.1 Å². The summed E-state index contributed by atoms with van der Waals surface area (Å²) in [6, 6.07) is 12.0. The third-order valence-corrected chi connectivity index (χ3v) is 8.40. The van der Waals surface area contributed by atoms with Crippen LogP contribution in [0.5, 0.6) is 0 Å². The van der Waals surface area contributed by atoms with Crippen molar-refractivity contribution in [2.75, 3.05) is 23.8 Å². The molecule has 4 aromatic rings. The number of rotatable bonds is 15. The lowest BCUT2D eigenvalue weighted by Gasteiger charge is -2.17. The Balaban J connectivity index is 1.48. The topological polar surface area (TPSA) is 223 Å². The van der Waals surface area contributed by atoms with Gasteiger partial charge in [-0.25, -0.2) is 0 Å². The van der Waals surface area contributed by atoms with Crippen molar-refractivity contribution >= 4 is 35.1 Å². The van der Waals surface area contributed by atoms with Crippen LogP contribution in [0, 0.1) is 27.7 Å². The van der Waals surface area contributed by atoms with Gasteiger partial charge in [-0.1, -0.05) is 24.3 Å². The lowest BCUT2D eigenvalue weighted by molar-refractivity contribution is -0.141. The van der Waals surface area contributed by atoms with Gasteiger partial charge in [0.15, 0.2) is 0 Å². The third-order valence-electron chi connectivity index (χ3n) is 8.40. The van der Waals surface area contributed by atoms with Crippen LogP contribution < -0.4 is 21.3 Å². The van der Waals surface area contributed by atoms with Crippen molar-refractivity contribution in [2.24, 2.45) is 0 Å². The lowest BCUT2D eigenvalue weighted by Crippen LogP contribution is -2.39. The second-order valence-corrected chi connectivity index (χ2v) is 11.8. The first-order valence-electron chi connectivity index (χ1n) is 15.7. The Kier molecular flexibility index (Phi) is 12.5. The van der Waals surface area contributed by atoms with Gasteiger partial charge < -0.3 is 31.1 Å². The number of benzene rings is 2. The second-order valence-electron chi connectivity index (χ2n) is 11.8. The largest absolute Gasteiger partial charge is 0.480 e. The van der Waals surface area contributed by atoms with Crippen LogP contribution in [0.1, 0.15) is 54.4 Å². The molecule has 0 aliphatic heterocycles. The standard InChI is InChI=1S/C36H40N6O8/c1-19-11-29(37-13-23(19)15-39-31(17-43)35(47)48)33(45)41-27-9-5-7-25(21(27)3)26-8-6-10-28(22(26)4)42-34(46)30-12-20(2)24(14-38-30)16-40-32(18-44)36(49)50/h5-14,31-32,39-40,43-44H,15-18H2,1-4H3,(H,41,45)(H,42,46)(H,47,48)(H,49,50)/t31-,32-/m0/s1. The van der Waals surface area contributed by atoms with Gasteiger partial charge in [-0.15, -0.1) is 0 Å². The van der Waals surface area contributed by atoms with E-state index in [9.17, 15) is 29.4 Å². The lowest BCUT2D eigenvalue weighted by atomic mass is 9.94. The number of pyridine rings is 2. The average molecular weight is 685 g/mol. The molecule has 0 aliphatic carbocycles. The molecule has 0 saturated carbocycles. The Hall–Kier alpha value is -5.54. The number of anilines is 2. The Bertz CT molecular complexity index is 1780. The van der Waals surface area contributed by atoms with Crippen LogP contribution in [-0.2, 0) is 22.7 Å². The van der Waals surface area contributed by atoms with Crippen LogP contribution >= 0.6 is 0 Å². The third kappa shape index (κ3) is 8.92. The highest BCUT2D eigenvalue weighted by Crippen LogP contribution is 2.34. The summed E-state index contributed by atoms with van der Waals surface area (Å²) >= 11 is 0. The molecule has 262 valence electrons. The van der Waals surface area contributed by atoms with Gasteiger partial charge >= 0.3 is 11.9 Å². The summed E-state index contributed by atoms with van der Waals surface area (Å²) in [6.07, 6.45) is 3.00. The first-order valence-corrected chi connectivity index (χ1v) is 15.7. The van der Waals surface area contributed by atoms with Crippen molar-refractivity contribution in [1.29, 1.82) is 0 Å². The van der Waals surface area contributed by atoms with Crippen molar-refractivity contribution in [3.05, 3.63) is 106 Å². The van der Waals surface area contributed by atoms with Crippen LogP contribution in [0.3, 0.4) is 0 Å². The molecule has 2 heterocycles. The average Bonchev–Trinajstić information content (AvgIpc) is 3.08. The molecule has 0 unspecified atom stereocenters. The van der Waals surface area contributed by atoms with Crippen LogP contribution in [0.4, 0.5) is 11.4 Å². The summed E-state index contributed by atoms with van der Waals surface area (Å²) in [4.78, 5) is 57.3. The minimum absolute atomic E-state index is 0.154. The Morgan fingerprint density at radius 2 is 1.02 bits per heavy atom. The number of hydrogen-bond acceptors (Lipinski definition) is 10. The molecule has 2 aromatic carbocycles. The zero-order valence-corrected chi connectivity index (χ0v) is 28.1. The quantitative estimate of drug-likeness (QED) is 0.0905. The number of aliphatic carboxylic acids is 2. The fourth-order valence-corrected chi connectivity index (χ4v) is 5.21. The van der Waals surface area contributed by atoms with Crippen molar-refractivity contribution in [2.45, 2.75) is 52.9 Å². The van der Waals surface area contributed by atoms with E-state index in [-0.39, 0.29) is 24.5 Å². The zero-order valence-electron chi connectivity index (χ0n) is 28.1. The summed E-state index contributed by atoms with van der Waals surface area (Å²) in [5.74, 6) is -3.19. The van der Waals surface area contributed by atoms with Crippen LogP contribution in [-0.4, -0.2) is 79.4 Å². The van der Waals surface area contributed by atoms with Gasteiger partial charge in [-0.2, -0.15) is 0 Å². The smallest absolute Gasteiger partial charge is 0.323 e. The molecule has 2 aromatic heterocycles. The molecule has 0 bridgehead atoms. The number of aromatic nitrogens is 2. The van der Waals surface area contributed by atoms with Gasteiger partial charge in [-0.05, 0) is 96.5 Å². The number of aliphatic hydroxyl groups is 2. The highest BCUT2D eigenvalue weighted by molar-refractivity contribution is 6.05. The molecule has 2 amide bonds. The van der Waals surface area contributed by atoms with E-state index in [2.05, 4.69) is 31.2 Å². The predicted molar refractivity (Wildman–Crippen MR) is 186 cm³/mol. The number of aliphatic hydroxyl groups excluding tert-OH is 2. The zero-order chi connectivity index (χ0) is 36.5. The van der Waals surface area contributed by atoms with Crippen LogP contribution in [0.15, 0.2) is 60.9 Å². The molecule has 0 aliphatic rings. The van der Waals surface area contributed by atoms with E-state index in [0.717, 1.165) is 33.4 Å². The molecule has 14 nitrogen and oxygen atoms in total. The molecule has 0 fully saturated rings. The maximum Gasteiger partial charge on any atom is 0.323 e. The highest BCUT2D eigenvalue weighted by Gasteiger charge is 2.19. The maximum absolute atomic E-state index is 13.2. The molecule has 0 radical (unpaired) electrons. The number of carbonyl (C=O) groups excluding carboxylic acids is 2. The van der Waals surface area contributed by atoms with Crippen molar-refractivity contribution in [3.8, 4) is 11.1 Å². The molecular formula is C36H40N6O8. The SMILES string of the molecule is Cc1cc(C(=O)Nc2cccc(-c3cccc(NC(=O)c4cc(C)c(CN[C@@H](CO)C(=O)O)cn4)c3C)c2C)ncc1CN[C@@H](CO)C(=O)O. The van der Waals surface area contributed by atoms with Crippen molar-refractivity contribution < 1.29 is 39.6 Å². The van der Waals surface area contributed by atoms with Gasteiger partial charge in [0.2, 0.25) is 0 Å². The Morgan fingerprint density at radius 1 is 0.640 bits per heavy atom. The molecule has 14 heteroatoms. The molecule has 4 rings (SSSR count).